The molecule has 0 aliphatic carbocycles. The number of anilines is 1. The molecule has 0 saturated carbocycles. The quantitative estimate of drug-likeness (QED) is 0.337. The number of nitriles is 2. The van der Waals surface area contributed by atoms with Crippen LogP contribution >= 0.6 is 23.2 Å². The number of aromatic nitrogens is 1. The number of hydrogen-bond donors (Lipinski definition) is 1. The number of amides is 1. The molecule has 0 bridgehead atoms. The number of piperidine rings is 1. The van der Waals surface area contributed by atoms with E-state index in [1.807, 2.05) is 12.1 Å². The topological polar surface area (TPSA) is 96.1 Å². The second-order valence-electron chi connectivity index (χ2n) is 9.84. The highest BCUT2D eigenvalue weighted by Crippen LogP contribution is 2.28. The normalized spacial score (nSPS) is 14.7. The molecule has 1 fully saturated rings. The van der Waals surface area contributed by atoms with Gasteiger partial charge in [-0.25, -0.2) is 4.39 Å². The van der Waals surface area contributed by atoms with Gasteiger partial charge in [-0.05, 0) is 68.7 Å². The van der Waals surface area contributed by atoms with Crippen molar-refractivity contribution < 1.29 is 9.18 Å². The molecule has 1 amide bonds. The third-order valence-electron chi connectivity index (χ3n) is 7.33. The zero-order valence-electron chi connectivity index (χ0n) is 22.1. The Balaban J connectivity index is 1.38. The van der Waals surface area contributed by atoms with Crippen LogP contribution in [-0.4, -0.2) is 47.5 Å². The summed E-state index contributed by atoms with van der Waals surface area (Å²) in [5, 5.41) is 21.8. The van der Waals surface area contributed by atoms with Gasteiger partial charge in [-0.15, -0.1) is 0 Å². The van der Waals surface area contributed by atoms with E-state index in [9.17, 15) is 19.7 Å². The molecule has 206 valence electrons. The molecule has 1 aliphatic heterocycles. The smallest absolute Gasteiger partial charge is 0.254 e. The van der Waals surface area contributed by atoms with Crippen molar-refractivity contribution in [2.45, 2.75) is 44.8 Å². The summed E-state index contributed by atoms with van der Waals surface area (Å²) in [5.74, 6) is -0.672. The minimum Gasteiger partial charge on any atom is -0.364 e. The maximum Gasteiger partial charge on any atom is 0.254 e. The van der Waals surface area contributed by atoms with Gasteiger partial charge in [0.1, 0.15) is 5.82 Å². The molecule has 7 nitrogen and oxygen atoms in total. The number of hydrogen-bond acceptors (Lipinski definition) is 6. The van der Waals surface area contributed by atoms with E-state index in [0.717, 1.165) is 38.0 Å². The number of nitrogens with zero attached hydrogens (tertiary/aromatic N) is 5. The molecule has 1 saturated heterocycles. The summed E-state index contributed by atoms with van der Waals surface area (Å²) < 4.78 is 14.7. The first-order valence-electron chi connectivity index (χ1n) is 13.1. The van der Waals surface area contributed by atoms with Crippen LogP contribution in [0.5, 0.6) is 0 Å². The van der Waals surface area contributed by atoms with Crippen molar-refractivity contribution in [3.05, 3.63) is 93.0 Å². The summed E-state index contributed by atoms with van der Waals surface area (Å²) >= 11 is 12.2. The van der Waals surface area contributed by atoms with Crippen molar-refractivity contribution in [2.24, 2.45) is 0 Å². The molecule has 10 heteroatoms. The molecule has 1 N–H and O–H groups in total. The lowest BCUT2D eigenvalue weighted by atomic mass is 9.98. The van der Waals surface area contributed by atoms with E-state index in [-0.39, 0.29) is 39.4 Å². The average Bonchev–Trinajstić information content (AvgIpc) is 2.97. The Morgan fingerprint density at radius 2 is 1.73 bits per heavy atom. The summed E-state index contributed by atoms with van der Waals surface area (Å²) in [5.41, 5.74) is 2.57. The van der Waals surface area contributed by atoms with Gasteiger partial charge in [-0.2, -0.15) is 10.5 Å². The number of likely N-dealkylation sites (tertiary alicyclic amines) is 1. The Morgan fingerprint density at radius 3 is 2.35 bits per heavy atom. The Bertz CT molecular complexity index is 1410. The van der Waals surface area contributed by atoms with E-state index >= 15 is 0 Å². The fraction of sp³-hybridized carbons (Fsp3) is 0.333. The molecule has 1 unspecified atom stereocenters. The first-order chi connectivity index (χ1) is 19.3. The lowest BCUT2D eigenvalue weighted by Crippen LogP contribution is -2.48. The average molecular weight is 580 g/mol. The van der Waals surface area contributed by atoms with Gasteiger partial charge >= 0.3 is 0 Å². The highest BCUT2D eigenvalue weighted by atomic mass is 35.5. The van der Waals surface area contributed by atoms with Crippen LogP contribution in [0.2, 0.25) is 10.0 Å². The standard InChI is InChI=1S/C30H29Cl2FN6O/c1-20(8-11-37-30(40)29-26(31)17-36-18-27(29)32)38-12-9-25(10-13-38)39(24-5-2-21(15-34)3-6-24)19-23-14-22(16-35)4-7-28(23)33/h2-7,14,17-18,20,25H,8-13,19H2,1H3,(H,37,40). The Labute approximate surface area is 243 Å². The maximum atomic E-state index is 14.7. The third kappa shape index (κ3) is 7.08. The third-order valence-corrected chi connectivity index (χ3v) is 7.91. The van der Waals surface area contributed by atoms with Crippen LogP contribution in [0.15, 0.2) is 54.9 Å². The van der Waals surface area contributed by atoms with E-state index in [1.54, 1.807) is 18.2 Å². The Morgan fingerprint density at radius 1 is 1.10 bits per heavy atom. The van der Waals surface area contributed by atoms with E-state index in [0.29, 0.717) is 29.8 Å². The van der Waals surface area contributed by atoms with Gasteiger partial charge in [-0.1, -0.05) is 23.2 Å². The first kappa shape index (κ1) is 29.3. The molecule has 3 aromatic rings. The first-order valence-corrected chi connectivity index (χ1v) is 13.8. The van der Waals surface area contributed by atoms with Gasteiger partial charge in [0, 0.05) is 61.9 Å². The van der Waals surface area contributed by atoms with Gasteiger partial charge in [0.25, 0.3) is 5.91 Å². The van der Waals surface area contributed by atoms with Crippen molar-refractivity contribution in [3.63, 3.8) is 0 Å². The molecule has 40 heavy (non-hydrogen) atoms. The SMILES string of the molecule is CC(CCNC(=O)c1c(Cl)cncc1Cl)N1CCC(N(Cc2cc(C#N)ccc2F)c2ccc(C#N)cc2)CC1. The van der Waals surface area contributed by atoms with E-state index in [1.165, 1.54) is 24.5 Å². The summed E-state index contributed by atoms with van der Waals surface area (Å²) in [7, 11) is 0. The Kier molecular flexibility index (Phi) is 9.95. The number of rotatable bonds is 9. The number of carbonyl (C=O) groups is 1. The van der Waals surface area contributed by atoms with Crippen LogP contribution in [0.25, 0.3) is 0 Å². The zero-order valence-corrected chi connectivity index (χ0v) is 23.6. The summed E-state index contributed by atoms with van der Waals surface area (Å²) in [6, 6.07) is 16.3. The largest absolute Gasteiger partial charge is 0.364 e. The lowest BCUT2D eigenvalue weighted by molar-refractivity contribution is 0.0945. The van der Waals surface area contributed by atoms with Gasteiger partial charge in [0.05, 0.1) is 38.9 Å². The van der Waals surface area contributed by atoms with Crippen LogP contribution in [0, 0.1) is 28.5 Å². The van der Waals surface area contributed by atoms with Crippen molar-refractivity contribution in [1.29, 1.82) is 10.5 Å². The molecule has 1 aliphatic rings. The minimum absolute atomic E-state index is 0.150. The minimum atomic E-state index is -0.347. The van der Waals surface area contributed by atoms with Gasteiger partial charge in [-0.3, -0.25) is 9.78 Å². The van der Waals surface area contributed by atoms with Crippen LogP contribution in [0.3, 0.4) is 0 Å². The van der Waals surface area contributed by atoms with Crippen molar-refractivity contribution >= 4 is 34.8 Å². The molecule has 1 atom stereocenters. The van der Waals surface area contributed by atoms with Gasteiger partial charge < -0.3 is 15.1 Å². The number of halogens is 3. The zero-order chi connectivity index (χ0) is 28.6. The highest BCUT2D eigenvalue weighted by molar-refractivity contribution is 6.39. The second-order valence-corrected chi connectivity index (χ2v) is 10.7. The lowest BCUT2D eigenvalue weighted by Gasteiger charge is -2.42. The molecule has 0 spiro atoms. The van der Waals surface area contributed by atoms with E-state index in [2.05, 4.69) is 39.2 Å². The molecule has 0 radical (unpaired) electrons. The van der Waals surface area contributed by atoms with Gasteiger partial charge in [0.2, 0.25) is 0 Å². The van der Waals surface area contributed by atoms with Crippen LogP contribution in [-0.2, 0) is 6.54 Å². The predicted octanol–water partition coefficient (Wildman–Crippen LogP) is 5.95. The van der Waals surface area contributed by atoms with Crippen molar-refractivity contribution in [1.82, 2.24) is 15.2 Å². The summed E-state index contributed by atoms with van der Waals surface area (Å²) in [6.45, 7) is 4.62. The fourth-order valence-electron chi connectivity index (χ4n) is 5.04. The second kappa shape index (κ2) is 13.6. The molecular formula is C30H29Cl2FN6O. The van der Waals surface area contributed by atoms with Crippen molar-refractivity contribution in [2.75, 3.05) is 24.5 Å². The maximum absolute atomic E-state index is 14.7. The van der Waals surface area contributed by atoms with E-state index in [4.69, 9.17) is 23.2 Å². The number of pyridine rings is 1. The predicted molar refractivity (Wildman–Crippen MR) is 154 cm³/mol. The van der Waals surface area contributed by atoms with Gasteiger partial charge in [0.15, 0.2) is 0 Å². The molecule has 2 aromatic carbocycles. The molecule has 1 aromatic heterocycles. The molecule has 4 rings (SSSR count). The number of benzene rings is 2. The number of nitrogens with one attached hydrogen (secondary N) is 1. The van der Waals surface area contributed by atoms with Crippen LogP contribution < -0.4 is 10.2 Å². The summed E-state index contributed by atoms with van der Waals surface area (Å²) in [4.78, 5) is 21.0. The monoisotopic (exact) mass is 578 g/mol. The Hall–Kier alpha value is -3.69. The number of carbonyl (C=O) groups excluding carboxylic acids is 1. The highest BCUT2D eigenvalue weighted by Gasteiger charge is 2.28. The molecule has 2 heterocycles. The van der Waals surface area contributed by atoms with Crippen LogP contribution in [0.4, 0.5) is 10.1 Å². The van der Waals surface area contributed by atoms with Crippen molar-refractivity contribution in [3.8, 4) is 12.1 Å². The van der Waals surface area contributed by atoms with Crippen LogP contribution in [0.1, 0.15) is 53.2 Å². The molecular weight excluding hydrogens is 550 g/mol. The summed E-state index contributed by atoms with van der Waals surface area (Å²) in [6.07, 6.45) is 5.26. The fourth-order valence-corrected chi connectivity index (χ4v) is 5.58. The van der Waals surface area contributed by atoms with E-state index < -0.39 is 0 Å².